The number of ketones is 1. The van der Waals surface area contributed by atoms with Gasteiger partial charge in [0.25, 0.3) is 5.56 Å². The van der Waals surface area contributed by atoms with E-state index < -0.39 is 41.1 Å². The number of amides is 1. The molecule has 0 aliphatic rings. The Balaban J connectivity index is 2.22. The van der Waals surface area contributed by atoms with Crippen molar-refractivity contribution in [1.82, 2.24) is 9.24 Å². The monoisotopic (exact) mass is 569 g/mol. The maximum Gasteiger partial charge on any atom is 0.429 e. The Hall–Kier alpha value is -2.99. The minimum Gasteiger partial charge on any atom is -0.493 e. The number of Topliss-reactive ketones (excluding diaryl/α,β-unsaturated/α-hetero) is 1. The van der Waals surface area contributed by atoms with Crippen molar-refractivity contribution in [1.29, 1.82) is 0 Å². The number of aryl methyl sites for hydroxylation is 1. The molecule has 0 atom stereocenters. The van der Waals surface area contributed by atoms with Crippen LogP contribution in [0.3, 0.4) is 0 Å². The SMILES string of the molecule is CCOc1ccc(F)cc1C(=O)Cn1c(=O)n(N(C)C(=O)OC(C)(C)C)c(=O)c2c(C)c(Br)sc21. The topological polar surface area (TPSA) is 99.8 Å². The van der Waals surface area contributed by atoms with E-state index in [0.29, 0.717) is 14.0 Å². The van der Waals surface area contributed by atoms with E-state index in [2.05, 4.69) is 15.9 Å². The molecule has 12 heteroatoms. The van der Waals surface area contributed by atoms with Crippen LogP contribution in [-0.4, -0.2) is 40.4 Å². The van der Waals surface area contributed by atoms with Crippen LogP contribution in [0.4, 0.5) is 9.18 Å². The number of carbonyl (C=O) groups is 2. The molecule has 0 bridgehead atoms. The number of hydrogen-bond donors (Lipinski definition) is 0. The van der Waals surface area contributed by atoms with Crippen molar-refractivity contribution in [2.45, 2.75) is 46.8 Å². The number of rotatable bonds is 6. The summed E-state index contributed by atoms with van der Waals surface area (Å²) in [5, 5.41) is 0.934. The Kier molecular flexibility index (Phi) is 7.56. The predicted molar refractivity (Wildman–Crippen MR) is 135 cm³/mol. The fraction of sp³-hybridized carbons (Fsp3) is 0.391. The van der Waals surface area contributed by atoms with Gasteiger partial charge in [-0.25, -0.2) is 19.0 Å². The summed E-state index contributed by atoms with van der Waals surface area (Å²) in [5.74, 6) is -1.08. The van der Waals surface area contributed by atoms with Crippen molar-refractivity contribution in [2.75, 3.05) is 18.7 Å². The number of nitrogens with zero attached hydrogens (tertiary/aromatic N) is 3. The van der Waals surface area contributed by atoms with Crippen LogP contribution in [0.15, 0.2) is 31.6 Å². The number of carbonyl (C=O) groups excluding carboxylic acids is 2. The van der Waals surface area contributed by atoms with Crippen molar-refractivity contribution in [3.05, 3.63) is 59.8 Å². The quantitative estimate of drug-likeness (QED) is 0.412. The van der Waals surface area contributed by atoms with Crippen LogP contribution in [0, 0.1) is 12.7 Å². The van der Waals surface area contributed by atoms with E-state index in [-0.39, 0.29) is 28.1 Å². The van der Waals surface area contributed by atoms with Crippen LogP contribution in [0.5, 0.6) is 5.75 Å². The molecule has 2 aromatic heterocycles. The first kappa shape index (κ1) is 26.6. The standard InChI is InChI=1S/C23H25BrFN3O6S/c1-7-33-16-9-8-13(25)10-14(16)15(29)11-27-20-17(12(2)18(24)35-20)19(30)28(21(27)31)26(6)22(32)34-23(3,4)5/h8-10H,7,11H2,1-6H3. The van der Waals surface area contributed by atoms with E-state index in [1.54, 1.807) is 34.6 Å². The zero-order chi connectivity index (χ0) is 26.2. The summed E-state index contributed by atoms with van der Waals surface area (Å²) >= 11 is 4.48. The van der Waals surface area contributed by atoms with Crippen molar-refractivity contribution >= 4 is 49.4 Å². The molecule has 0 fully saturated rings. The second kappa shape index (κ2) is 9.94. The van der Waals surface area contributed by atoms with Gasteiger partial charge in [0.2, 0.25) is 0 Å². The van der Waals surface area contributed by atoms with Crippen LogP contribution < -0.4 is 21.0 Å². The lowest BCUT2D eigenvalue weighted by molar-refractivity contribution is 0.0546. The first-order valence-corrected chi connectivity index (χ1v) is 12.2. The lowest BCUT2D eigenvalue weighted by Crippen LogP contribution is -2.54. The van der Waals surface area contributed by atoms with Crippen LogP contribution in [-0.2, 0) is 11.3 Å². The third kappa shape index (κ3) is 5.32. The van der Waals surface area contributed by atoms with Crippen molar-refractivity contribution in [2.24, 2.45) is 0 Å². The zero-order valence-corrected chi connectivity index (χ0v) is 22.5. The summed E-state index contributed by atoms with van der Waals surface area (Å²) in [6.07, 6.45) is -0.926. The van der Waals surface area contributed by atoms with Gasteiger partial charge in [-0.2, -0.15) is 4.68 Å². The second-order valence-electron chi connectivity index (χ2n) is 8.67. The number of hydrogen-bond acceptors (Lipinski definition) is 7. The third-order valence-corrected chi connectivity index (χ3v) is 7.12. The van der Waals surface area contributed by atoms with Crippen LogP contribution in [0.1, 0.15) is 43.6 Å². The van der Waals surface area contributed by atoms with Gasteiger partial charge in [-0.15, -0.1) is 11.3 Å². The maximum atomic E-state index is 13.9. The summed E-state index contributed by atoms with van der Waals surface area (Å²) in [6, 6.07) is 3.55. The first-order valence-electron chi connectivity index (χ1n) is 10.6. The molecule has 0 unspecified atom stereocenters. The Morgan fingerprint density at radius 1 is 1.23 bits per heavy atom. The highest BCUT2D eigenvalue weighted by molar-refractivity contribution is 9.11. The highest BCUT2D eigenvalue weighted by Crippen LogP contribution is 2.32. The molecule has 0 radical (unpaired) electrons. The molecule has 0 spiro atoms. The van der Waals surface area contributed by atoms with Gasteiger partial charge in [-0.05, 0) is 74.3 Å². The summed E-state index contributed by atoms with van der Waals surface area (Å²) in [5.41, 5.74) is -2.03. The number of aromatic nitrogens is 2. The van der Waals surface area contributed by atoms with Crippen LogP contribution in [0.2, 0.25) is 0 Å². The minimum absolute atomic E-state index is 0.0440. The first-order chi connectivity index (χ1) is 16.3. The number of benzene rings is 1. The summed E-state index contributed by atoms with van der Waals surface area (Å²) in [7, 11) is 1.23. The fourth-order valence-electron chi connectivity index (χ4n) is 3.35. The number of ether oxygens (including phenoxy) is 2. The van der Waals surface area contributed by atoms with Crippen molar-refractivity contribution in [3.63, 3.8) is 0 Å². The molecule has 0 N–H and O–H groups in total. The van der Waals surface area contributed by atoms with E-state index in [1.165, 1.54) is 19.2 Å². The summed E-state index contributed by atoms with van der Waals surface area (Å²) in [4.78, 5) is 52.9. The van der Waals surface area contributed by atoms with E-state index in [4.69, 9.17) is 9.47 Å². The second-order valence-corrected chi connectivity index (χ2v) is 11.0. The molecule has 0 aliphatic carbocycles. The normalized spacial score (nSPS) is 11.5. The van der Waals surface area contributed by atoms with E-state index >= 15 is 0 Å². The molecule has 0 saturated carbocycles. The molecule has 35 heavy (non-hydrogen) atoms. The smallest absolute Gasteiger partial charge is 0.429 e. The van der Waals surface area contributed by atoms with Crippen LogP contribution in [0.25, 0.3) is 10.2 Å². The third-order valence-electron chi connectivity index (χ3n) is 4.93. The van der Waals surface area contributed by atoms with Gasteiger partial charge in [0.05, 0.1) is 27.9 Å². The lowest BCUT2D eigenvalue weighted by atomic mass is 10.1. The largest absolute Gasteiger partial charge is 0.493 e. The van der Waals surface area contributed by atoms with Gasteiger partial charge in [-0.3, -0.25) is 14.2 Å². The number of halogens is 2. The molecule has 0 aliphatic heterocycles. The van der Waals surface area contributed by atoms with E-state index in [9.17, 15) is 23.6 Å². The average molecular weight is 570 g/mol. The van der Waals surface area contributed by atoms with Gasteiger partial charge in [0.1, 0.15) is 22.0 Å². The lowest BCUT2D eigenvalue weighted by Gasteiger charge is -2.25. The number of thiophene rings is 1. The number of fused-ring (bicyclic) bond motifs is 1. The van der Waals surface area contributed by atoms with E-state index in [0.717, 1.165) is 27.0 Å². The molecule has 1 amide bonds. The highest BCUT2D eigenvalue weighted by atomic mass is 79.9. The molecule has 188 valence electrons. The van der Waals surface area contributed by atoms with Gasteiger partial charge >= 0.3 is 11.8 Å². The summed E-state index contributed by atoms with van der Waals surface area (Å²) in [6.45, 7) is 8.08. The molecule has 2 heterocycles. The fourth-order valence-corrected chi connectivity index (χ4v) is 5.03. The Morgan fingerprint density at radius 3 is 2.49 bits per heavy atom. The van der Waals surface area contributed by atoms with Gasteiger partial charge in [0.15, 0.2) is 5.78 Å². The van der Waals surface area contributed by atoms with Crippen LogP contribution >= 0.6 is 27.3 Å². The molecule has 3 rings (SSSR count). The van der Waals surface area contributed by atoms with Gasteiger partial charge in [-0.1, -0.05) is 0 Å². The molecular weight excluding hydrogens is 545 g/mol. The maximum absolute atomic E-state index is 13.9. The zero-order valence-electron chi connectivity index (χ0n) is 20.1. The highest BCUT2D eigenvalue weighted by Gasteiger charge is 2.28. The summed E-state index contributed by atoms with van der Waals surface area (Å²) < 4.78 is 27.0. The molecule has 3 aromatic rings. The Labute approximate surface area is 212 Å². The van der Waals surface area contributed by atoms with Gasteiger partial charge < -0.3 is 9.47 Å². The molecule has 9 nitrogen and oxygen atoms in total. The molecule has 1 aromatic carbocycles. The predicted octanol–water partition coefficient (Wildman–Crippen LogP) is 4.22. The van der Waals surface area contributed by atoms with Gasteiger partial charge in [0, 0.05) is 7.05 Å². The Bertz CT molecular complexity index is 1440. The Morgan fingerprint density at radius 2 is 1.89 bits per heavy atom. The van der Waals surface area contributed by atoms with E-state index in [1.807, 2.05) is 0 Å². The average Bonchev–Trinajstić information content (AvgIpc) is 3.05. The molecule has 0 saturated heterocycles. The van der Waals surface area contributed by atoms with Crippen molar-refractivity contribution in [3.8, 4) is 5.75 Å². The molecular formula is C23H25BrFN3O6S. The minimum atomic E-state index is -0.926. The van der Waals surface area contributed by atoms with Crippen molar-refractivity contribution < 1.29 is 23.5 Å².